The van der Waals surface area contributed by atoms with Crippen LogP contribution in [0, 0.1) is 5.41 Å². The van der Waals surface area contributed by atoms with Crippen LogP contribution in [0.2, 0.25) is 5.15 Å². The third-order valence-corrected chi connectivity index (χ3v) is 3.58. The van der Waals surface area contributed by atoms with Crippen molar-refractivity contribution in [2.45, 2.75) is 13.3 Å². The zero-order valence-electron chi connectivity index (χ0n) is 10.3. The Morgan fingerprint density at radius 2 is 2.33 bits per heavy atom. The molecule has 0 aliphatic carbocycles. The van der Waals surface area contributed by atoms with Crippen molar-refractivity contribution in [3.8, 4) is 5.75 Å². The van der Waals surface area contributed by atoms with Gasteiger partial charge in [-0.15, -0.1) is 0 Å². The van der Waals surface area contributed by atoms with E-state index in [2.05, 4.69) is 9.97 Å². The molecule has 0 bridgehead atoms. The monoisotopic (exact) mass is 270 g/mol. The summed E-state index contributed by atoms with van der Waals surface area (Å²) in [5.74, 6) is 0.722. The molecule has 2 rings (SSSR count). The average Bonchev–Trinajstić information content (AvgIpc) is 2.73. The molecule has 1 atom stereocenters. The van der Waals surface area contributed by atoms with E-state index in [1.165, 1.54) is 13.4 Å². The highest BCUT2D eigenvalue weighted by atomic mass is 35.5. The number of anilines is 1. The number of carbonyl (C=O) groups excluding carboxylic acids is 1. The van der Waals surface area contributed by atoms with Gasteiger partial charge in [0.1, 0.15) is 6.33 Å². The minimum atomic E-state index is -0.539. The molecule has 1 fully saturated rings. The Kier molecular flexibility index (Phi) is 3.30. The summed E-state index contributed by atoms with van der Waals surface area (Å²) in [6, 6.07) is 0. The normalized spacial score (nSPS) is 23.2. The van der Waals surface area contributed by atoms with Crippen LogP contribution in [0.4, 0.5) is 5.82 Å². The lowest BCUT2D eigenvalue weighted by molar-refractivity contribution is -0.125. The number of halogens is 1. The fourth-order valence-electron chi connectivity index (χ4n) is 2.09. The van der Waals surface area contributed by atoms with E-state index in [-0.39, 0.29) is 11.1 Å². The SMILES string of the molecule is COc1c(Cl)ncnc1N1CCC(C)(C(N)=O)C1. The lowest BCUT2D eigenvalue weighted by Crippen LogP contribution is -2.37. The highest BCUT2D eigenvalue weighted by molar-refractivity contribution is 6.31. The molecule has 1 aromatic heterocycles. The maximum atomic E-state index is 11.4. The Balaban J connectivity index is 2.30. The molecule has 6 nitrogen and oxygen atoms in total. The lowest BCUT2D eigenvalue weighted by Gasteiger charge is -2.22. The summed E-state index contributed by atoms with van der Waals surface area (Å²) >= 11 is 5.95. The van der Waals surface area contributed by atoms with E-state index in [4.69, 9.17) is 22.1 Å². The van der Waals surface area contributed by atoms with E-state index >= 15 is 0 Å². The van der Waals surface area contributed by atoms with E-state index in [1.807, 2.05) is 11.8 Å². The molecule has 0 spiro atoms. The molecule has 1 aliphatic rings. The van der Waals surface area contributed by atoms with Crippen molar-refractivity contribution in [2.75, 3.05) is 25.1 Å². The number of hydrogen-bond acceptors (Lipinski definition) is 5. The second-order valence-electron chi connectivity index (χ2n) is 4.62. The first-order valence-corrected chi connectivity index (χ1v) is 5.95. The maximum Gasteiger partial charge on any atom is 0.225 e. The standard InChI is InChI=1S/C11H15ClN4O2/c1-11(10(13)17)3-4-16(5-11)9-7(18-2)8(12)14-6-15-9/h6H,3-5H2,1-2H3,(H2,13,17). The molecular formula is C11H15ClN4O2. The largest absolute Gasteiger partial charge is 0.490 e. The summed E-state index contributed by atoms with van der Waals surface area (Å²) < 4.78 is 5.20. The van der Waals surface area contributed by atoms with Crippen LogP contribution in [-0.2, 0) is 4.79 Å². The van der Waals surface area contributed by atoms with Crippen molar-refractivity contribution < 1.29 is 9.53 Å². The van der Waals surface area contributed by atoms with Gasteiger partial charge in [-0.2, -0.15) is 0 Å². The first-order chi connectivity index (χ1) is 8.48. The van der Waals surface area contributed by atoms with E-state index < -0.39 is 5.41 Å². The number of amides is 1. The Morgan fingerprint density at radius 1 is 1.61 bits per heavy atom. The topological polar surface area (TPSA) is 81.3 Å². The number of carbonyl (C=O) groups is 1. The summed E-state index contributed by atoms with van der Waals surface area (Å²) in [5, 5.41) is 0.259. The molecule has 1 aromatic rings. The van der Waals surface area contributed by atoms with Crippen molar-refractivity contribution in [1.82, 2.24) is 9.97 Å². The molecule has 1 saturated heterocycles. The number of aromatic nitrogens is 2. The summed E-state index contributed by atoms with van der Waals surface area (Å²) in [4.78, 5) is 21.4. The third kappa shape index (κ3) is 2.08. The summed E-state index contributed by atoms with van der Waals surface area (Å²) in [6.07, 6.45) is 2.06. The number of ether oxygens (including phenoxy) is 1. The molecule has 0 saturated carbocycles. The van der Waals surface area contributed by atoms with Gasteiger partial charge in [0.25, 0.3) is 0 Å². The average molecular weight is 271 g/mol. The van der Waals surface area contributed by atoms with Gasteiger partial charge in [-0.1, -0.05) is 11.6 Å². The molecule has 2 N–H and O–H groups in total. The Morgan fingerprint density at radius 3 is 2.89 bits per heavy atom. The molecule has 1 unspecified atom stereocenters. The van der Waals surface area contributed by atoms with Gasteiger partial charge in [0.15, 0.2) is 16.7 Å². The van der Waals surface area contributed by atoms with E-state index in [0.29, 0.717) is 31.1 Å². The molecule has 1 amide bonds. The van der Waals surface area contributed by atoms with E-state index in [0.717, 1.165) is 0 Å². The smallest absolute Gasteiger partial charge is 0.225 e. The molecule has 7 heteroatoms. The van der Waals surface area contributed by atoms with E-state index in [1.54, 1.807) is 0 Å². The first-order valence-electron chi connectivity index (χ1n) is 5.57. The highest BCUT2D eigenvalue weighted by Crippen LogP contribution is 2.38. The number of nitrogens with two attached hydrogens (primary N) is 1. The van der Waals surface area contributed by atoms with Crippen molar-refractivity contribution in [1.29, 1.82) is 0 Å². The number of rotatable bonds is 3. The highest BCUT2D eigenvalue weighted by Gasteiger charge is 2.40. The van der Waals surface area contributed by atoms with Crippen LogP contribution in [0.3, 0.4) is 0 Å². The van der Waals surface area contributed by atoms with Crippen LogP contribution in [0.5, 0.6) is 5.75 Å². The summed E-state index contributed by atoms with van der Waals surface area (Å²) in [6.45, 7) is 3.04. The van der Waals surface area contributed by atoms with Gasteiger partial charge >= 0.3 is 0 Å². The third-order valence-electron chi connectivity index (χ3n) is 3.31. The fourth-order valence-corrected chi connectivity index (χ4v) is 2.29. The molecule has 18 heavy (non-hydrogen) atoms. The second-order valence-corrected chi connectivity index (χ2v) is 4.98. The number of primary amides is 1. The summed E-state index contributed by atoms with van der Waals surface area (Å²) in [5.41, 5.74) is 4.88. The van der Waals surface area contributed by atoms with Crippen molar-refractivity contribution >= 4 is 23.3 Å². The van der Waals surface area contributed by atoms with Crippen molar-refractivity contribution in [2.24, 2.45) is 11.1 Å². The van der Waals surface area contributed by atoms with Crippen LogP contribution in [0.25, 0.3) is 0 Å². The fraction of sp³-hybridized carbons (Fsp3) is 0.545. The molecule has 98 valence electrons. The van der Waals surface area contributed by atoms with Gasteiger partial charge in [-0.3, -0.25) is 4.79 Å². The Hall–Kier alpha value is -1.56. The van der Waals surface area contributed by atoms with Gasteiger partial charge in [-0.25, -0.2) is 9.97 Å². The Bertz CT molecular complexity index is 482. The molecular weight excluding hydrogens is 256 g/mol. The minimum absolute atomic E-state index is 0.259. The van der Waals surface area contributed by atoms with Crippen LogP contribution in [0.15, 0.2) is 6.33 Å². The quantitative estimate of drug-likeness (QED) is 0.823. The second kappa shape index (κ2) is 4.61. The van der Waals surface area contributed by atoms with Crippen LogP contribution < -0.4 is 15.4 Å². The molecule has 2 heterocycles. The zero-order valence-corrected chi connectivity index (χ0v) is 11.1. The predicted octanol–water partition coefficient (Wildman–Crippen LogP) is 0.840. The van der Waals surface area contributed by atoms with Gasteiger partial charge in [0.2, 0.25) is 5.91 Å². The number of methoxy groups -OCH3 is 1. The van der Waals surface area contributed by atoms with Gasteiger partial charge < -0.3 is 15.4 Å². The predicted molar refractivity (Wildman–Crippen MR) is 67.7 cm³/mol. The van der Waals surface area contributed by atoms with Crippen LogP contribution in [-0.4, -0.2) is 36.1 Å². The summed E-state index contributed by atoms with van der Waals surface area (Å²) in [7, 11) is 1.51. The number of nitrogens with zero attached hydrogens (tertiary/aromatic N) is 3. The minimum Gasteiger partial charge on any atom is -0.490 e. The Labute approximate surface area is 110 Å². The maximum absolute atomic E-state index is 11.4. The lowest BCUT2D eigenvalue weighted by atomic mass is 9.89. The van der Waals surface area contributed by atoms with Gasteiger partial charge in [0.05, 0.1) is 12.5 Å². The molecule has 0 radical (unpaired) electrons. The molecule has 1 aliphatic heterocycles. The van der Waals surface area contributed by atoms with Gasteiger partial charge in [0, 0.05) is 13.1 Å². The van der Waals surface area contributed by atoms with Crippen LogP contribution >= 0.6 is 11.6 Å². The first kappa shape index (κ1) is 12.9. The van der Waals surface area contributed by atoms with Crippen molar-refractivity contribution in [3.63, 3.8) is 0 Å². The van der Waals surface area contributed by atoms with Crippen molar-refractivity contribution in [3.05, 3.63) is 11.5 Å². The van der Waals surface area contributed by atoms with Crippen LogP contribution in [0.1, 0.15) is 13.3 Å². The van der Waals surface area contributed by atoms with Gasteiger partial charge in [-0.05, 0) is 13.3 Å². The molecule has 0 aromatic carbocycles. The zero-order chi connectivity index (χ0) is 13.3. The van der Waals surface area contributed by atoms with E-state index in [9.17, 15) is 4.79 Å². The number of hydrogen-bond donors (Lipinski definition) is 1.